The molecule has 24 heavy (non-hydrogen) atoms. The number of hydrogen-bond acceptors (Lipinski definition) is 5. The zero-order valence-corrected chi connectivity index (χ0v) is 16.6. The second-order valence-electron chi connectivity index (χ2n) is 4.97. The molecule has 0 aliphatic heterocycles. The molecule has 1 aromatic heterocycles. The van der Waals surface area contributed by atoms with E-state index in [0.717, 1.165) is 24.6 Å². The van der Waals surface area contributed by atoms with E-state index >= 15 is 0 Å². The number of carbonyl (C=O) groups is 3. The lowest BCUT2D eigenvalue weighted by Crippen LogP contribution is -1.98. The smallest absolute Gasteiger partial charge is 0.300 e. The largest absolute Gasteiger partial charge is 0.481 e. The summed E-state index contributed by atoms with van der Waals surface area (Å²) in [5.41, 5.74) is 6.35. The van der Waals surface area contributed by atoms with Gasteiger partial charge in [-0.3, -0.25) is 9.78 Å². The Morgan fingerprint density at radius 3 is 1.33 bits per heavy atom. The molecule has 0 aliphatic rings. The van der Waals surface area contributed by atoms with Gasteiger partial charge in [-0.1, -0.05) is 6.92 Å². The first kappa shape index (κ1) is 29.9. The van der Waals surface area contributed by atoms with Crippen LogP contribution in [0, 0.1) is 34.6 Å². The average Bonchev–Trinajstić information content (AvgIpc) is 2.44. The van der Waals surface area contributed by atoms with Crippen LogP contribution in [0.2, 0.25) is 0 Å². The minimum Gasteiger partial charge on any atom is -0.481 e. The van der Waals surface area contributed by atoms with Crippen molar-refractivity contribution in [2.75, 3.05) is 0 Å². The van der Waals surface area contributed by atoms with Crippen LogP contribution in [0.15, 0.2) is 0 Å². The highest BCUT2D eigenvalue weighted by atomic mass is 16.4. The average molecular weight is 342 g/mol. The van der Waals surface area contributed by atoms with Crippen molar-refractivity contribution in [3.63, 3.8) is 0 Å². The predicted molar refractivity (Wildman–Crippen MR) is 99.0 cm³/mol. The van der Waals surface area contributed by atoms with Gasteiger partial charge in [0.05, 0.1) is 0 Å². The normalized spacial score (nSPS) is 7.88. The lowest BCUT2D eigenvalue weighted by atomic mass is 10.0. The quantitative estimate of drug-likeness (QED) is 0.742. The molecule has 0 amide bonds. The van der Waals surface area contributed by atoms with Gasteiger partial charge in [-0.15, -0.1) is 0 Å². The Balaban J connectivity index is -0.000000130. The van der Waals surface area contributed by atoms with Gasteiger partial charge in [-0.05, 0) is 65.2 Å². The van der Waals surface area contributed by atoms with Crippen LogP contribution in [0.4, 0.5) is 0 Å². The maximum absolute atomic E-state index is 9.81. The Hall–Kier alpha value is -2.08. The highest BCUT2D eigenvalue weighted by Gasteiger charge is 2.03. The van der Waals surface area contributed by atoms with E-state index in [1.165, 1.54) is 23.6 Å². The number of hydrogen-bond donors (Lipinski definition) is 2. The number of carboxylic acid groups (broad SMARTS) is 1. The van der Waals surface area contributed by atoms with E-state index in [2.05, 4.69) is 39.6 Å². The first-order valence-electron chi connectivity index (χ1n) is 7.45. The van der Waals surface area contributed by atoms with Gasteiger partial charge in [0, 0.05) is 24.7 Å². The Kier molecular flexibility index (Phi) is 21.5. The van der Waals surface area contributed by atoms with Crippen LogP contribution in [0.5, 0.6) is 0 Å². The zero-order valence-electron chi connectivity index (χ0n) is 16.6. The molecule has 0 bridgehead atoms. The van der Waals surface area contributed by atoms with Gasteiger partial charge in [0.2, 0.25) is 0 Å². The van der Waals surface area contributed by atoms with Crippen molar-refractivity contribution in [1.29, 1.82) is 0 Å². The number of aryl methyl sites for hydroxylation is 2. The maximum atomic E-state index is 9.81. The summed E-state index contributed by atoms with van der Waals surface area (Å²) in [6.07, 6.45) is 1.42. The minimum absolute atomic E-state index is 0. The number of Topliss-reactive ketones (excluding diaryl/α,β-unsaturated/α-hetero) is 1. The van der Waals surface area contributed by atoms with Crippen LogP contribution in [-0.2, 0) is 14.4 Å². The Morgan fingerprint density at radius 2 is 1.17 bits per heavy atom. The zero-order chi connectivity index (χ0) is 19.2. The van der Waals surface area contributed by atoms with E-state index in [1.54, 1.807) is 6.92 Å². The number of aliphatic carboxylic acids is 1. The van der Waals surface area contributed by atoms with Gasteiger partial charge < -0.3 is 20.8 Å². The van der Waals surface area contributed by atoms with E-state index in [1.807, 2.05) is 6.92 Å². The third-order valence-corrected chi connectivity index (χ3v) is 3.04. The lowest BCUT2D eigenvalue weighted by molar-refractivity contribution is -0.134. The number of carbonyl (C=O) groups excluding carboxylic acids is 2. The van der Waals surface area contributed by atoms with Crippen LogP contribution in [0.1, 0.15) is 62.2 Å². The van der Waals surface area contributed by atoms with E-state index in [4.69, 9.17) is 14.7 Å². The summed E-state index contributed by atoms with van der Waals surface area (Å²) in [6, 6.07) is 0. The topological polar surface area (TPSA) is 119 Å². The van der Waals surface area contributed by atoms with E-state index < -0.39 is 5.97 Å². The molecule has 0 unspecified atom stereocenters. The molecule has 0 saturated carbocycles. The summed E-state index contributed by atoms with van der Waals surface area (Å²) in [4.78, 5) is 32.1. The summed E-state index contributed by atoms with van der Waals surface area (Å²) < 4.78 is 0. The number of ketones is 1. The van der Waals surface area contributed by atoms with Crippen molar-refractivity contribution in [3.05, 3.63) is 28.1 Å². The Labute approximate surface area is 146 Å². The molecule has 0 saturated heterocycles. The first-order chi connectivity index (χ1) is 10.5. The highest BCUT2D eigenvalue weighted by molar-refractivity contribution is 5.74. The molecule has 0 atom stereocenters. The molecule has 6 nitrogen and oxygen atoms in total. The molecular formula is C18H34N2O4. The highest BCUT2D eigenvalue weighted by Crippen LogP contribution is 2.16. The van der Waals surface area contributed by atoms with Crippen molar-refractivity contribution in [1.82, 2.24) is 11.1 Å². The number of nitrogens with zero attached hydrogens (tertiary/aromatic N) is 1. The standard InChI is InChI=1S/C10H15N.C4H8O.C2H4O2.C2H4O.H3N/c1-6-7(2)9(4)11-10(5)8(6)3;1-3-4(2)5;1-2(3)4;1-2-3;/h1-5H3;3H2,1-2H3;1H3,(H,3,4);2H,1H3;1H3. The molecule has 0 fully saturated rings. The van der Waals surface area contributed by atoms with Crippen LogP contribution >= 0.6 is 0 Å². The summed E-state index contributed by atoms with van der Waals surface area (Å²) in [6.45, 7) is 16.5. The molecule has 0 aliphatic carbocycles. The molecule has 1 rings (SSSR count). The fourth-order valence-electron chi connectivity index (χ4n) is 1.24. The summed E-state index contributed by atoms with van der Waals surface area (Å²) in [5, 5.41) is 7.42. The summed E-state index contributed by atoms with van der Waals surface area (Å²) in [5.74, 6) is -0.579. The molecule has 6 heteroatoms. The van der Waals surface area contributed by atoms with E-state index in [0.29, 0.717) is 6.42 Å². The predicted octanol–water partition coefficient (Wildman–Crippen LogP) is 4.07. The number of aromatic nitrogens is 1. The summed E-state index contributed by atoms with van der Waals surface area (Å²) in [7, 11) is 0. The molecule has 1 heterocycles. The van der Waals surface area contributed by atoms with Crippen LogP contribution in [0.3, 0.4) is 0 Å². The van der Waals surface area contributed by atoms with E-state index in [-0.39, 0.29) is 11.9 Å². The molecule has 4 N–H and O–H groups in total. The van der Waals surface area contributed by atoms with Crippen molar-refractivity contribution in [3.8, 4) is 0 Å². The van der Waals surface area contributed by atoms with Crippen molar-refractivity contribution in [2.24, 2.45) is 0 Å². The van der Waals surface area contributed by atoms with Crippen LogP contribution < -0.4 is 6.15 Å². The third-order valence-electron chi connectivity index (χ3n) is 3.04. The van der Waals surface area contributed by atoms with Crippen molar-refractivity contribution >= 4 is 18.0 Å². The number of pyridine rings is 1. The molecule has 0 radical (unpaired) electrons. The first-order valence-corrected chi connectivity index (χ1v) is 7.45. The van der Waals surface area contributed by atoms with Gasteiger partial charge in [0.25, 0.3) is 5.97 Å². The Morgan fingerprint density at radius 1 is 0.958 bits per heavy atom. The van der Waals surface area contributed by atoms with Gasteiger partial charge in [0.15, 0.2) is 0 Å². The number of aldehydes is 1. The van der Waals surface area contributed by atoms with Crippen LogP contribution in [-0.4, -0.2) is 28.1 Å². The third kappa shape index (κ3) is 18.0. The fraction of sp³-hybridized carbons (Fsp3) is 0.556. The molecule has 0 spiro atoms. The number of rotatable bonds is 1. The second-order valence-corrected chi connectivity index (χ2v) is 4.97. The minimum atomic E-state index is -0.833. The second kappa shape index (κ2) is 17.3. The van der Waals surface area contributed by atoms with Crippen molar-refractivity contribution in [2.45, 2.75) is 68.7 Å². The van der Waals surface area contributed by atoms with E-state index in [9.17, 15) is 4.79 Å². The molecule has 1 aromatic rings. The van der Waals surface area contributed by atoms with Crippen LogP contribution in [0.25, 0.3) is 0 Å². The molecule has 140 valence electrons. The SMILES string of the molecule is CC(=O)O.CC=O.CCC(C)=O.Cc1nc(C)c(C)c(C)c1C.N. The monoisotopic (exact) mass is 342 g/mol. The van der Waals surface area contributed by atoms with Gasteiger partial charge in [0.1, 0.15) is 12.1 Å². The lowest BCUT2D eigenvalue weighted by Gasteiger charge is -2.09. The van der Waals surface area contributed by atoms with Gasteiger partial charge >= 0.3 is 0 Å². The molecular weight excluding hydrogens is 308 g/mol. The fourth-order valence-corrected chi connectivity index (χ4v) is 1.24. The number of carboxylic acids is 1. The van der Waals surface area contributed by atoms with Crippen molar-refractivity contribution < 1.29 is 19.5 Å². The van der Waals surface area contributed by atoms with Gasteiger partial charge in [-0.2, -0.15) is 0 Å². The summed E-state index contributed by atoms with van der Waals surface area (Å²) >= 11 is 0. The maximum Gasteiger partial charge on any atom is 0.300 e. The molecule has 0 aromatic carbocycles. The Bertz CT molecular complexity index is 482. The van der Waals surface area contributed by atoms with Gasteiger partial charge in [-0.25, -0.2) is 0 Å².